The van der Waals surface area contributed by atoms with Crippen LogP contribution in [-0.4, -0.2) is 19.9 Å². The number of rotatable bonds is 3. The zero-order valence-electron chi connectivity index (χ0n) is 3.60. The van der Waals surface area contributed by atoms with Crippen molar-refractivity contribution in [3.8, 4) is 0 Å². The smallest absolute Gasteiger partial charge is 0.147 e. The monoisotopic (exact) mass is 89.0 g/mol. The first-order valence-corrected chi connectivity index (χ1v) is 1.64. The molecule has 0 aromatic heterocycles. The molecule has 0 aromatic carbocycles. The molecule has 0 aromatic rings. The van der Waals surface area contributed by atoms with Crippen molar-refractivity contribution >= 4 is 6.29 Å². The molecule has 0 spiro atoms. The van der Waals surface area contributed by atoms with Crippen LogP contribution in [0.4, 0.5) is 0 Å². The van der Waals surface area contributed by atoms with Crippen LogP contribution in [0.3, 0.4) is 0 Å². The molecule has 0 rings (SSSR count). The predicted molar refractivity (Wildman–Crippen MR) is 21.1 cm³/mol. The molecule has 0 aliphatic carbocycles. The van der Waals surface area contributed by atoms with Crippen molar-refractivity contribution in [2.45, 2.75) is 0 Å². The van der Waals surface area contributed by atoms with Crippen LogP contribution < -0.4 is 5.48 Å². The molecular weight excluding hydrogens is 82.0 g/mol. The van der Waals surface area contributed by atoms with E-state index in [-0.39, 0.29) is 6.61 Å². The van der Waals surface area contributed by atoms with Crippen LogP contribution in [0.5, 0.6) is 0 Å². The minimum Gasteiger partial charge on any atom is -0.301 e. The molecule has 0 radical (unpaired) electrons. The molecule has 0 aliphatic heterocycles. The number of carbonyl (C=O) groups is 1. The zero-order valence-corrected chi connectivity index (χ0v) is 3.60. The van der Waals surface area contributed by atoms with Crippen molar-refractivity contribution in [2.75, 3.05) is 13.7 Å². The summed E-state index contributed by atoms with van der Waals surface area (Å²) >= 11 is 0. The third-order valence-electron chi connectivity index (χ3n) is 0.296. The molecule has 3 nitrogen and oxygen atoms in total. The normalized spacial score (nSPS) is 8.17. The lowest BCUT2D eigenvalue weighted by Gasteiger charge is -1.88. The number of hydrogen-bond donors (Lipinski definition) is 1. The molecule has 3 heteroatoms. The minimum atomic E-state index is 0.122. The van der Waals surface area contributed by atoms with Gasteiger partial charge in [-0.15, -0.1) is 0 Å². The molecule has 0 aliphatic rings. The highest BCUT2D eigenvalue weighted by atomic mass is 16.6. The van der Waals surface area contributed by atoms with E-state index in [0.717, 1.165) is 0 Å². The van der Waals surface area contributed by atoms with Crippen molar-refractivity contribution < 1.29 is 9.63 Å². The highest BCUT2D eigenvalue weighted by Crippen LogP contribution is 1.51. The highest BCUT2D eigenvalue weighted by molar-refractivity contribution is 5.50. The lowest BCUT2D eigenvalue weighted by molar-refractivity contribution is -0.113. The Bertz CT molecular complexity index is 37.8. The van der Waals surface area contributed by atoms with Gasteiger partial charge in [0.15, 0.2) is 0 Å². The molecule has 0 amide bonds. The fourth-order valence-corrected chi connectivity index (χ4v) is 0.117. The Labute approximate surface area is 36.2 Å². The summed E-state index contributed by atoms with van der Waals surface area (Å²) in [6, 6.07) is 0. The van der Waals surface area contributed by atoms with E-state index < -0.39 is 0 Å². The number of nitrogens with one attached hydrogen (secondary N) is 1. The molecule has 6 heavy (non-hydrogen) atoms. The summed E-state index contributed by atoms with van der Waals surface area (Å²) in [7, 11) is 1.60. The zero-order chi connectivity index (χ0) is 4.83. The summed E-state index contributed by atoms with van der Waals surface area (Å²) in [5.74, 6) is 0. The number of hydroxylamine groups is 1. The summed E-state index contributed by atoms with van der Waals surface area (Å²) in [6.07, 6.45) is 0.677. The summed E-state index contributed by atoms with van der Waals surface area (Å²) in [5, 5.41) is 0. The van der Waals surface area contributed by atoms with Gasteiger partial charge in [0.25, 0.3) is 0 Å². The van der Waals surface area contributed by atoms with E-state index in [2.05, 4.69) is 10.3 Å². The average Bonchev–Trinajstić information content (AvgIpc) is 1.61. The van der Waals surface area contributed by atoms with Crippen LogP contribution in [0, 0.1) is 0 Å². The van der Waals surface area contributed by atoms with Gasteiger partial charge in [0.2, 0.25) is 0 Å². The van der Waals surface area contributed by atoms with Gasteiger partial charge in [0.1, 0.15) is 12.9 Å². The Morgan fingerprint density at radius 2 is 2.67 bits per heavy atom. The van der Waals surface area contributed by atoms with Gasteiger partial charge in [-0.05, 0) is 0 Å². The van der Waals surface area contributed by atoms with Gasteiger partial charge in [0.05, 0.1) is 0 Å². The molecule has 0 atom stereocenters. The van der Waals surface area contributed by atoms with E-state index in [9.17, 15) is 4.79 Å². The molecule has 0 saturated heterocycles. The van der Waals surface area contributed by atoms with E-state index in [1.54, 1.807) is 7.05 Å². The van der Waals surface area contributed by atoms with Crippen molar-refractivity contribution in [3.05, 3.63) is 0 Å². The topological polar surface area (TPSA) is 38.3 Å². The van der Waals surface area contributed by atoms with Crippen LogP contribution in [0.15, 0.2) is 0 Å². The fraction of sp³-hybridized carbons (Fsp3) is 0.667. The van der Waals surface area contributed by atoms with E-state index in [4.69, 9.17) is 0 Å². The minimum absolute atomic E-state index is 0.122. The maximum Gasteiger partial charge on any atom is 0.147 e. The van der Waals surface area contributed by atoms with E-state index in [1.165, 1.54) is 0 Å². The molecule has 0 heterocycles. The first-order chi connectivity index (χ1) is 2.91. The largest absolute Gasteiger partial charge is 0.301 e. The number of carbonyl (C=O) groups excluding carboxylic acids is 1. The van der Waals surface area contributed by atoms with Crippen molar-refractivity contribution in [2.24, 2.45) is 0 Å². The van der Waals surface area contributed by atoms with Gasteiger partial charge in [-0.25, -0.2) is 5.48 Å². The number of aldehydes is 1. The molecule has 0 saturated carbocycles. The van der Waals surface area contributed by atoms with Gasteiger partial charge < -0.3 is 4.79 Å². The Morgan fingerprint density at radius 3 is 2.83 bits per heavy atom. The molecule has 0 bridgehead atoms. The van der Waals surface area contributed by atoms with Gasteiger partial charge in [-0.1, -0.05) is 0 Å². The Balaban J connectivity index is 2.49. The molecular formula is C3H7NO2. The van der Waals surface area contributed by atoms with Gasteiger partial charge >= 0.3 is 0 Å². The number of hydrogen-bond acceptors (Lipinski definition) is 3. The van der Waals surface area contributed by atoms with Gasteiger partial charge in [-0.3, -0.25) is 4.84 Å². The summed E-state index contributed by atoms with van der Waals surface area (Å²) in [6.45, 7) is 0.122. The van der Waals surface area contributed by atoms with Gasteiger partial charge in [-0.2, -0.15) is 0 Å². The van der Waals surface area contributed by atoms with Crippen LogP contribution in [0.2, 0.25) is 0 Å². The van der Waals surface area contributed by atoms with Crippen LogP contribution in [0.25, 0.3) is 0 Å². The third-order valence-corrected chi connectivity index (χ3v) is 0.296. The summed E-state index contributed by atoms with van der Waals surface area (Å²) < 4.78 is 0. The van der Waals surface area contributed by atoms with Gasteiger partial charge in [0, 0.05) is 7.05 Å². The van der Waals surface area contributed by atoms with E-state index in [1.807, 2.05) is 0 Å². The van der Waals surface area contributed by atoms with Crippen molar-refractivity contribution in [3.63, 3.8) is 0 Å². The Kier molecular flexibility index (Phi) is 4.28. The van der Waals surface area contributed by atoms with Crippen molar-refractivity contribution in [1.29, 1.82) is 0 Å². The van der Waals surface area contributed by atoms with Crippen molar-refractivity contribution in [1.82, 2.24) is 5.48 Å². The maximum atomic E-state index is 9.40. The quantitative estimate of drug-likeness (QED) is 0.283. The molecule has 36 valence electrons. The average molecular weight is 89.1 g/mol. The first-order valence-electron chi connectivity index (χ1n) is 1.64. The third kappa shape index (κ3) is 3.59. The second kappa shape index (κ2) is 4.59. The summed E-state index contributed by atoms with van der Waals surface area (Å²) in [4.78, 5) is 13.8. The fourth-order valence-electron chi connectivity index (χ4n) is 0.117. The maximum absolute atomic E-state index is 9.40. The lowest BCUT2D eigenvalue weighted by Crippen LogP contribution is -2.08. The Hall–Kier alpha value is -0.410. The SMILES string of the molecule is CNOCC=O. The second-order valence-corrected chi connectivity index (χ2v) is 0.682. The lowest BCUT2D eigenvalue weighted by atomic mass is 10.9. The second-order valence-electron chi connectivity index (χ2n) is 0.682. The molecule has 0 fully saturated rings. The first kappa shape index (κ1) is 5.59. The van der Waals surface area contributed by atoms with E-state index in [0.29, 0.717) is 6.29 Å². The summed E-state index contributed by atoms with van der Waals surface area (Å²) in [5.41, 5.74) is 2.34. The van der Waals surface area contributed by atoms with Crippen LogP contribution in [-0.2, 0) is 9.63 Å². The molecule has 0 unspecified atom stereocenters. The standard InChI is InChI=1S/C3H7NO2/c1-4-6-3-2-5/h2,4H,3H2,1H3. The predicted octanol–water partition coefficient (Wildman–Crippen LogP) is -0.664. The molecule has 1 N–H and O–H groups in total. The highest BCUT2D eigenvalue weighted by Gasteiger charge is 1.70. The van der Waals surface area contributed by atoms with Crippen LogP contribution >= 0.6 is 0 Å². The van der Waals surface area contributed by atoms with Crippen LogP contribution in [0.1, 0.15) is 0 Å². The van der Waals surface area contributed by atoms with E-state index >= 15 is 0 Å². The Morgan fingerprint density at radius 1 is 2.00 bits per heavy atom.